The van der Waals surface area contributed by atoms with Crippen LogP contribution in [0.25, 0.3) is 0 Å². The van der Waals surface area contributed by atoms with Crippen LogP contribution in [0, 0.1) is 5.41 Å². The molecule has 4 N–H and O–H groups in total. The van der Waals surface area contributed by atoms with E-state index in [1.165, 1.54) is 25.7 Å². The van der Waals surface area contributed by atoms with Crippen molar-refractivity contribution in [1.29, 1.82) is 5.41 Å². The number of likely N-dealkylation sites (N-methyl/N-ethyl adjacent to an activating group) is 1. The summed E-state index contributed by atoms with van der Waals surface area (Å²) in [5.41, 5.74) is 8.46. The van der Waals surface area contributed by atoms with E-state index in [1.54, 1.807) is 13.0 Å². The van der Waals surface area contributed by atoms with Crippen LogP contribution >= 0.6 is 0 Å². The van der Waals surface area contributed by atoms with Gasteiger partial charge in [-0.05, 0) is 83.0 Å². The van der Waals surface area contributed by atoms with Crippen molar-refractivity contribution in [3.05, 3.63) is 83.6 Å². The maximum absolute atomic E-state index is 13.0. The molecule has 2 fully saturated rings. The maximum Gasteiger partial charge on any atom is 0.246 e. The Hall–Kier alpha value is -3.91. The Morgan fingerprint density at radius 1 is 1.10 bits per heavy atom. The Bertz CT molecular complexity index is 1270. The van der Waals surface area contributed by atoms with Crippen molar-refractivity contribution in [2.45, 2.75) is 64.5 Å². The highest BCUT2D eigenvalue weighted by Gasteiger charge is 2.26. The van der Waals surface area contributed by atoms with Crippen LogP contribution in [0.1, 0.15) is 57.9 Å². The van der Waals surface area contributed by atoms with Gasteiger partial charge in [-0.1, -0.05) is 37.1 Å². The van der Waals surface area contributed by atoms with E-state index in [2.05, 4.69) is 17.3 Å². The molecule has 1 atom stereocenters. The molecule has 8 nitrogen and oxygen atoms in total. The SMILES string of the molecule is CCN=C(NC1CCCN(C(=O)/C=C/CN(C)C2CCCC2)C1)/C(C(=N)c1ccc(Oc2ccccc2)cc1)=C(\C)N. The number of nitrogens with zero attached hydrogens (tertiary/aromatic N) is 3. The smallest absolute Gasteiger partial charge is 0.246 e. The van der Waals surface area contributed by atoms with E-state index in [4.69, 9.17) is 20.9 Å². The molecule has 2 aromatic carbocycles. The zero-order chi connectivity index (χ0) is 29.9. The van der Waals surface area contributed by atoms with Crippen LogP contribution in [0.4, 0.5) is 0 Å². The van der Waals surface area contributed by atoms with Crippen LogP contribution in [0.2, 0.25) is 0 Å². The third-order valence-corrected chi connectivity index (χ3v) is 8.00. The van der Waals surface area contributed by atoms with Crippen molar-refractivity contribution in [3.63, 3.8) is 0 Å². The fraction of sp³-hybridized carbons (Fsp3) is 0.441. The minimum Gasteiger partial charge on any atom is -0.457 e. The van der Waals surface area contributed by atoms with Crippen molar-refractivity contribution >= 4 is 17.5 Å². The van der Waals surface area contributed by atoms with Gasteiger partial charge in [0.05, 0.1) is 11.3 Å². The van der Waals surface area contributed by atoms with Crippen LogP contribution < -0.4 is 15.8 Å². The van der Waals surface area contributed by atoms with Crippen molar-refractivity contribution in [2.24, 2.45) is 10.7 Å². The average molecular weight is 571 g/mol. The molecule has 2 aromatic rings. The highest BCUT2D eigenvalue weighted by atomic mass is 16.5. The lowest BCUT2D eigenvalue weighted by Crippen LogP contribution is -2.50. The van der Waals surface area contributed by atoms with Crippen molar-refractivity contribution in [1.82, 2.24) is 15.1 Å². The summed E-state index contributed by atoms with van der Waals surface area (Å²) in [5, 5.41) is 12.6. The summed E-state index contributed by atoms with van der Waals surface area (Å²) in [6.07, 6.45) is 10.7. The molecule has 1 aliphatic heterocycles. The second-order valence-electron chi connectivity index (χ2n) is 11.2. The number of likely N-dealkylation sites (tertiary alicyclic amines) is 1. The number of allylic oxidation sites excluding steroid dienone is 1. The maximum atomic E-state index is 13.0. The molecule has 1 heterocycles. The van der Waals surface area contributed by atoms with Crippen LogP contribution in [0.3, 0.4) is 0 Å². The van der Waals surface area contributed by atoms with Gasteiger partial charge in [0.15, 0.2) is 0 Å². The lowest BCUT2D eigenvalue weighted by atomic mass is 9.98. The third kappa shape index (κ3) is 8.55. The first-order chi connectivity index (χ1) is 20.4. The Morgan fingerprint density at radius 2 is 1.79 bits per heavy atom. The van der Waals surface area contributed by atoms with Gasteiger partial charge in [-0.3, -0.25) is 20.1 Å². The molecular weight excluding hydrogens is 524 g/mol. The molecule has 0 radical (unpaired) electrons. The third-order valence-electron chi connectivity index (χ3n) is 8.00. The second kappa shape index (κ2) is 15.4. The number of rotatable bonds is 11. The molecule has 0 aromatic heterocycles. The first-order valence-corrected chi connectivity index (χ1v) is 15.2. The quantitative estimate of drug-likeness (QED) is 0.188. The van der Waals surface area contributed by atoms with Gasteiger partial charge in [0.2, 0.25) is 5.91 Å². The lowest BCUT2D eigenvalue weighted by Gasteiger charge is -2.34. The number of carbonyl (C=O) groups excluding carboxylic acids is 1. The van der Waals surface area contributed by atoms with E-state index in [0.717, 1.165) is 31.7 Å². The van der Waals surface area contributed by atoms with E-state index in [-0.39, 0.29) is 11.9 Å². The number of benzene rings is 2. The number of ether oxygens (including phenoxy) is 1. The van der Waals surface area contributed by atoms with Gasteiger partial charge in [-0.15, -0.1) is 0 Å². The van der Waals surface area contributed by atoms with Crippen molar-refractivity contribution < 1.29 is 9.53 Å². The predicted molar refractivity (Wildman–Crippen MR) is 171 cm³/mol. The van der Waals surface area contributed by atoms with Gasteiger partial charge in [0, 0.05) is 55.6 Å². The number of hydrogen-bond donors (Lipinski definition) is 3. The fourth-order valence-electron chi connectivity index (χ4n) is 5.72. The van der Waals surface area contributed by atoms with Crippen molar-refractivity contribution in [2.75, 3.05) is 33.2 Å². The van der Waals surface area contributed by atoms with Gasteiger partial charge >= 0.3 is 0 Å². The Balaban J connectivity index is 1.39. The van der Waals surface area contributed by atoms with Crippen LogP contribution in [0.5, 0.6) is 11.5 Å². The summed E-state index contributed by atoms with van der Waals surface area (Å²) in [6, 6.07) is 17.7. The normalized spacial score (nSPS) is 18.8. The molecule has 1 amide bonds. The molecule has 8 heteroatoms. The number of amidine groups is 1. The van der Waals surface area contributed by atoms with E-state index in [1.807, 2.05) is 72.5 Å². The number of amides is 1. The fourth-order valence-corrected chi connectivity index (χ4v) is 5.72. The molecule has 0 spiro atoms. The van der Waals surface area contributed by atoms with Gasteiger partial charge in [0.25, 0.3) is 0 Å². The minimum atomic E-state index is 0.0198. The molecule has 1 aliphatic carbocycles. The van der Waals surface area contributed by atoms with Crippen molar-refractivity contribution in [3.8, 4) is 11.5 Å². The number of aliphatic imine (C=N–C) groups is 1. The largest absolute Gasteiger partial charge is 0.457 e. The minimum absolute atomic E-state index is 0.0198. The molecule has 1 unspecified atom stereocenters. The van der Waals surface area contributed by atoms with Crippen LogP contribution in [0.15, 0.2) is 83.0 Å². The summed E-state index contributed by atoms with van der Waals surface area (Å²) in [4.78, 5) is 22.0. The zero-order valence-corrected chi connectivity index (χ0v) is 25.3. The summed E-state index contributed by atoms with van der Waals surface area (Å²) >= 11 is 0. The Labute approximate surface area is 250 Å². The lowest BCUT2D eigenvalue weighted by molar-refractivity contribution is -0.127. The van der Waals surface area contributed by atoms with Gasteiger partial charge in [-0.25, -0.2) is 0 Å². The molecule has 0 bridgehead atoms. The first kappa shape index (κ1) is 31.0. The predicted octanol–water partition coefficient (Wildman–Crippen LogP) is 5.51. The number of nitrogens with one attached hydrogen (secondary N) is 2. The summed E-state index contributed by atoms with van der Waals surface area (Å²) < 4.78 is 5.91. The number of carbonyl (C=O) groups is 1. The molecular formula is C34H46N6O2. The summed E-state index contributed by atoms with van der Waals surface area (Å²) in [5.74, 6) is 2.10. The average Bonchev–Trinajstić information content (AvgIpc) is 3.54. The van der Waals surface area contributed by atoms with E-state index >= 15 is 0 Å². The Kier molecular flexibility index (Phi) is 11.3. The van der Waals surface area contributed by atoms with E-state index in [9.17, 15) is 4.79 Å². The monoisotopic (exact) mass is 570 g/mol. The van der Waals surface area contributed by atoms with Gasteiger partial charge < -0.3 is 20.7 Å². The summed E-state index contributed by atoms with van der Waals surface area (Å²) in [6.45, 7) is 6.43. The van der Waals surface area contributed by atoms with E-state index in [0.29, 0.717) is 53.3 Å². The Morgan fingerprint density at radius 3 is 2.45 bits per heavy atom. The van der Waals surface area contributed by atoms with Crippen LogP contribution in [-0.2, 0) is 4.79 Å². The molecule has 2 aliphatic rings. The number of hydrogen-bond acceptors (Lipinski definition) is 6. The van der Waals surface area contributed by atoms with Crippen LogP contribution in [-0.4, -0.2) is 72.6 Å². The van der Waals surface area contributed by atoms with Gasteiger partial charge in [-0.2, -0.15) is 0 Å². The molecule has 4 rings (SSSR count). The number of para-hydroxylation sites is 1. The topological polar surface area (TPSA) is 107 Å². The first-order valence-electron chi connectivity index (χ1n) is 15.2. The molecule has 224 valence electrons. The zero-order valence-electron chi connectivity index (χ0n) is 25.3. The summed E-state index contributed by atoms with van der Waals surface area (Å²) in [7, 11) is 2.15. The van der Waals surface area contributed by atoms with E-state index < -0.39 is 0 Å². The molecule has 42 heavy (non-hydrogen) atoms. The van der Waals surface area contributed by atoms with Gasteiger partial charge in [0.1, 0.15) is 17.3 Å². The molecule has 1 saturated heterocycles. The highest BCUT2D eigenvalue weighted by Crippen LogP contribution is 2.24. The number of piperidine rings is 1. The highest BCUT2D eigenvalue weighted by molar-refractivity contribution is 6.28. The standard InChI is InChI=1S/C34H46N6O2/c1-4-37-34(32(25(2)35)33(36)26-18-20-30(21-19-26)42-29-15-6-5-7-16-29)38-27-12-10-23-40(24-27)31(41)17-11-22-39(3)28-13-8-9-14-28/h5-7,11,15-21,27-28,36H,4,8-10,12-14,22-24,35H2,1-3H3,(H,37,38)/b17-11+,32-25+,36-33?. The number of nitrogens with two attached hydrogens (primary N) is 1. The second-order valence-corrected chi connectivity index (χ2v) is 11.2. The molecule has 1 saturated carbocycles.